The third-order valence-electron chi connectivity index (χ3n) is 3.54. The standard InChI is InChI=1S/C22H32O4/c1-15(2)12-19(18-10-8-7-9-11-18)20(21(23)25-13-16(3)4)22(24)26-14-17(5)6/h7-11,15-17H,12-14H2,1-6H3. The molecule has 1 rings (SSSR count). The van der Waals surface area contributed by atoms with Gasteiger partial charge >= 0.3 is 11.9 Å². The normalized spacial score (nSPS) is 11.0. The van der Waals surface area contributed by atoms with Crippen molar-refractivity contribution < 1.29 is 19.1 Å². The van der Waals surface area contributed by atoms with Crippen molar-refractivity contribution in [2.75, 3.05) is 13.2 Å². The van der Waals surface area contributed by atoms with Crippen LogP contribution in [0.1, 0.15) is 53.5 Å². The Balaban J connectivity index is 3.35. The Hall–Kier alpha value is -2.10. The maximum absolute atomic E-state index is 12.7. The Morgan fingerprint density at radius 3 is 1.62 bits per heavy atom. The fourth-order valence-electron chi connectivity index (χ4n) is 2.37. The fraction of sp³-hybridized carbons (Fsp3) is 0.545. The average molecular weight is 360 g/mol. The van der Waals surface area contributed by atoms with Gasteiger partial charge in [-0.15, -0.1) is 0 Å². The summed E-state index contributed by atoms with van der Waals surface area (Å²) >= 11 is 0. The molecule has 0 aliphatic carbocycles. The largest absolute Gasteiger partial charge is 0.462 e. The van der Waals surface area contributed by atoms with E-state index in [-0.39, 0.29) is 36.5 Å². The van der Waals surface area contributed by atoms with Gasteiger partial charge in [0.2, 0.25) is 0 Å². The number of rotatable bonds is 9. The first-order valence-electron chi connectivity index (χ1n) is 9.35. The van der Waals surface area contributed by atoms with E-state index in [9.17, 15) is 9.59 Å². The quantitative estimate of drug-likeness (QED) is 0.272. The Bertz CT molecular complexity index is 586. The van der Waals surface area contributed by atoms with E-state index >= 15 is 0 Å². The van der Waals surface area contributed by atoms with Gasteiger partial charge in [0.1, 0.15) is 5.57 Å². The van der Waals surface area contributed by atoms with Crippen molar-refractivity contribution in [1.29, 1.82) is 0 Å². The summed E-state index contributed by atoms with van der Waals surface area (Å²) in [6.07, 6.45) is 0.590. The van der Waals surface area contributed by atoms with Crippen LogP contribution in [0.5, 0.6) is 0 Å². The monoisotopic (exact) mass is 360 g/mol. The van der Waals surface area contributed by atoms with E-state index in [0.29, 0.717) is 12.0 Å². The fourth-order valence-corrected chi connectivity index (χ4v) is 2.37. The molecule has 0 aromatic heterocycles. The van der Waals surface area contributed by atoms with E-state index in [1.165, 1.54) is 0 Å². The molecule has 26 heavy (non-hydrogen) atoms. The lowest BCUT2D eigenvalue weighted by atomic mass is 9.92. The van der Waals surface area contributed by atoms with Crippen LogP contribution in [-0.4, -0.2) is 25.2 Å². The van der Waals surface area contributed by atoms with Crippen LogP contribution in [0.15, 0.2) is 35.9 Å². The Morgan fingerprint density at radius 1 is 0.769 bits per heavy atom. The summed E-state index contributed by atoms with van der Waals surface area (Å²) in [5.74, 6) is -0.552. The third-order valence-corrected chi connectivity index (χ3v) is 3.54. The predicted molar refractivity (Wildman–Crippen MR) is 104 cm³/mol. The molecule has 4 nitrogen and oxygen atoms in total. The molecular weight excluding hydrogens is 328 g/mol. The van der Waals surface area contributed by atoms with Crippen LogP contribution in [0.4, 0.5) is 0 Å². The molecule has 0 heterocycles. The average Bonchev–Trinajstić information content (AvgIpc) is 2.58. The topological polar surface area (TPSA) is 52.6 Å². The highest BCUT2D eigenvalue weighted by atomic mass is 16.6. The number of esters is 2. The number of hydrogen-bond donors (Lipinski definition) is 0. The zero-order valence-corrected chi connectivity index (χ0v) is 16.9. The van der Waals surface area contributed by atoms with Crippen LogP contribution in [0, 0.1) is 17.8 Å². The van der Waals surface area contributed by atoms with Crippen LogP contribution in [0.25, 0.3) is 5.57 Å². The van der Waals surface area contributed by atoms with Gasteiger partial charge in [-0.3, -0.25) is 0 Å². The zero-order chi connectivity index (χ0) is 19.7. The zero-order valence-electron chi connectivity index (χ0n) is 16.9. The summed E-state index contributed by atoms with van der Waals surface area (Å²) in [4.78, 5) is 25.5. The lowest BCUT2D eigenvalue weighted by molar-refractivity contribution is -0.148. The second-order valence-electron chi connectivity index (χ2n) is 7.80. The van der Waals surface area contributed by atoms with Crippen molar-refractivity contribution in [3.63, 3.8) is 0 Å². The number of allylic oxidation sites excluding steroid dienone is 1. The molecule has 0 atom stereocenters. The summed E-state index contributed by atoms with van der Waals surface area (Å²) in [5, 5.41) is 0. The highest BCUT2D eigenvalue weighted by molar-refractivity contribution is 6.20. The van der Waals surface area contributed by atoms with E-state index in [1.54, 1.807) is 0 Å². The lowest BCUT2D eigenvalue weighted by Crippen LogP contribution is -2.23. The highest BCUT2D eigenvalue weighted by Gasteiger charge is 2.28. The maximum Gasteiger partial charge on any atom is 0.345 e. The molecule has 4 heteroatoms. The molecule has 0 aliphatic rings. The molecule has 1 aromatic rings. The van der Waals surface area contributed by atoms with Gasteiger partial charge in [-0.25, -0.2) is 9.59 Å². The van der Waals surface area contributed by atoms with Gasteiger partial charge in [-0.05, 0) is 35.3 Å². The van der Waals surface area contributed by atoms with Gasteiger partial charge in [0.15, 0.2) is 0 Å². The van der Waals surface area contributed by atoms with Crippen molar-refractivity contribution in [2.45, 2.75) is 48.0 Å². The van der Waals surface area contributed by atoms with Crippen LogP contribution in [0.2, 0.25) is 0 Å². The second kappa shape index (κ2) is 10.8. The van der Waals surface area contributed by atoms with Crippen molar-refractivity contribution in [3.8, 4) is 0 Å². The number of carbonyl (C=O) groups is 2. The minimum absolute atomic E-state index is 0.0196. The minimum Gasteiger partial charge on any atom is -0.462 e. The van der Waals surface area contributed by atoms with Crippen LogP contribution < -0.4 is 0 Å². The van der Waals surface area contributed by atoms with Gasteiger partial charge in [-0.2, -0.15) is 0 Å². The highest BCUT2D eigenvalue weighted by Crippen LogP contribution is 2.28. The predicted octanol–water partition coefficient (Wildman–Crippen LogP) is 4.88. The number of carbonyl (C=O) groups excluding carboxylic acids is 2. The lowest BCUT2D eigenvalue weighted by Gasteiger charge is -2.17. The second-order valence-corrected chi connectivity index (χ2v) is 7.80. The van der Waals surface area contributed by atoms with E-state index in [2.05, 4.69) is 13.8 Å². The van der Waals surface area contributed by atoms with Gasteiger partial charge in [0, 0.05) is 0 Å². The SMILES string of the molecule is CC(C)COC(=O)C(C(=O)OCC(C)C)=C(CC(C)C)c1ccccc1. The summed E-state index contributed by atoms with van der Waals surface area (Å²) in [6.45, 7) is 12.5. The summed E-state index contributed by atoms with van der Waals surface area (Å²) in [5.41, 5.74) is 1.55. The van der Waals surface area contributed by atoms with Crippen molar-refractivity contribution in [1.82, 2.24) is 0 Å². The van der Waals surface area contributed by atoms with E-state index in [4.69, 9.17) is 9.47 Å². The molecule has 0 saturated carbocycles. The number of benzene rings is 1. The first kappa shape index (κ1) is 21.9. The molecule has 0 radical (unpaired) electrons. The summed E-state index contributed by atoms with van der Waals surface area (Å²) in [7, 11) is 0. The van der Waals surface area contributed by atoms with Crippen LogP contribution in [-0.2, 0) is 19.1 Å². The summed E-state index contributed by atoms with van der Waals surface area (Å²) < 4.78 is 10.8. The molecule has 0 bridgehead atoms. The van der Waals surface area contributed by atoms with Gasteiger partial charge in [0.05, 0.1) is 13.2 Å². The van der Waals surface area contributed by atoms with E-state index < -0.39 is 11.9 Å². The maximum atomic E-state index is 12.7. The first-order chi connectivity index (χ1) is 12.2. The molecule has 0 aliphatic heterocycles. The smallest absolute Gasteiger partial charge is 0.345 e. The van der Waals surface area contributed by atoms with Crippen LogP contribution in [0.3, 0.4) is 0 Å². The van der Waals surface area contributed by atoms with Gasteiger partial charge in [0.25, 0.3) is 0 Å². The first-order valence-corrected chi connectivity index (χ1v) is 9.35. The van der Waals surface area contributed by atoms with E-state index in [0.717, 1.165) is 5.56 Å². The molecule has 0 fully saturated rings. The minimum atomic E-state index is -0.605. The third kappa shape index (κ3) is 7.42. The molecule has 1 aromatic carbocycles. The van der Waals surface area contributed by atoms with Crippen molar-refractivity contribution in [2.24, 2.45) is 17.8 Å². The van der Waals surface area contributed by atoms with Crippen molar-refractivity contribution >= 4 is 17.5 Å². The molecule has 144 valence electrons. The van der Waals surface area contributed by atoms with E-state index in [1.807, 2.05) is 58.0 Å². The van der Waals surface area contributed by atoms with Gasteiger partial charge in [-0.1, -0.05) is 71.9 Å². The molecule has 0 unspecified atom stereocenters. The van der Waals surface area contributed by atoms with Gasteiger partial charge < -0.3 is 9.47 Å². The molecule has 0 saturated heterocycles. The van der Waals surface area contributed by atoms with Crippen LogP contribution >= 0.6 is 0 Å². The molecule has 0 N–H and O–H groups in total. The Kier molecular flexibility index (Phi) is 9.11. The number of ether oxygens (including phenoxy) is 2. The molecular formula is C22H32O4. The molecule has 0 spiro atoms. The summed E-state index contributed by atoms with van der Waals surface area (Å²) in [6, 6.07) is 9.51. The molecule has 0 amide bonds. The Morgan fingerprint density at radius 2 is 1.23 bits per heavy atom. The van der Waals surface area contributed by atoms with Crippen molar-refractivity contribution in [3.05, 3.63) is 41.5 Å². The Labute approximate surface area is 157 Å². The number of hydrogen-bond acceptors (Lipinski definition) is 4.